The Kier molecular flexibility index (Phi) is 10.2. The second-order valence-electron chi connectivity index (χ2n) is 9.96. The smallest absolute Gasteiger partial charge is 0.247 e. The van der Waals surface area contributed by atoms with Crippen molar-refractivity contribution < 1.29 is 9.53 Å². The van der Waals surface area contributed by atoms with Gasteiger partial charge in [-0.05, 0) is 50.4 Å². The lowest BCUT2D eigenvalue weighted by Gasteiger charge is -2.26. The fourth-order valence-corrected chi connectivity index (χ4v) is 4.27. The van der Waals surface area contributed by atoms with Gasteiger partial charge in [-0.1, -0.05) is 26.5 Å². The third-order valence-corrected chi connectivity index (χ3v) is 6.41. The summed E-state index contributed by atoms with van der Waals surface area (Å²) in [4.78, 5) is 25.6. The van der Waals surface area contributed by atoms with Crippen LogP contribution >= 0.6 is 0 Å². The number of rotatable bonds is 12. The van der Waals surface area contributed by atoms with E-state index in [-0.39, 0.29) is 11.8 Å². The third kappa shape index (κ3) is 7.35. The normalized spacial score (nSPS) is 14.1. The lowest BCUT2D eigenvalue weighted by atomic mass is 9.93. The minimum Gasteiger partial charge on any atom is -0.494 e. The van der Waals surface area contributed by atoms with Crippen LogP contribution in [0, 0.1) is 11.3 Å². The van der Waals surface area contributed by atoms with E-state index >= 15 is 0 Å². The summed E-state index contributed by atoms with van der Waals surface area (Å²) in [6, 6.07) is 5.51. The number of anilines is 4. The minimum absolute atomic E-state index is 0.236. The molecule has 4 N–H and O–H groups in total. The molecular weight excluding hydrogens is 504 g/mol. The van der Waals surface area contributed by atoms with Gasteiger partial charge in [0.15, 0.2) is 0 Å². The maximum absolute atomic E-state index is 12.3. The maximum atomic E-state index is 12.3. The highest BCUT2D eigenvalue weighted by Gasteiger charge is 2.18. The summed E-state index contributed by atoms with van der Waals surface area (Å²) in [6.07, 6.45) is 8.55. The van der Waals surface area contributed by atoms with E-state index in [1.54, 1.807) is 19.4 Å². The van der Waals surface area contributed by atoms with E-state index in [9.17, 15) is 4.79 Å². The van der Waals surface area contributed by atoms with Crippen molar-refractivity contribution in [2.24, 2.45) is 5.92 Å². The Morgan fingerprint density at radius 2 is 1.93 bits per heavy atom. The molecule has 0 fully saturated rings. The van der Waals surface area contributed by atoms with Gasteiger partial charge in [0.2, 0.25) is 11.9 Å². The van der Waals surface area contributed by atoms with E-state index in [0.717, 1.165) is 35.6 Å². The first-order chi connectivity index (χ1) is 19.1. The Balaban J connectivity index is 2.00. The third-order valence-electron chi connectivity index (χ3n) is 6.41. The number of nitrogens with one attached hydrogen (secondary N) is 4. The van der Waals surface area contributed by atoms with Crippen molar-refractivity contribution in [2.75, 3.05) is 63.9 Å². The highest BCUT2D eigenvalue weighted by Crippen LogP contribution is 2.38. The molecule has 1 aromatic carbocycles. The van der Waals surface area contributed by atoms with E-state index in [4.69, 9.17) is 15.1 Å². The summed E-state index contributed by atoms with van der Waals surface area (Å²) in [5, 5.41) is 17.8. The molecule has 0 saturated heterocycles. The van der Waals surface area contributed by atoms with Crippen molar-refractivity contribution in [3.8, 4) is 5.75 Å². The predicted octanol–water partition coefficient (Wildman–Crippen LogP) is 4.45. The molecule has 1 aromatic heterocycles. The second kappa shape index (κ2) is 13.6. The van der Waals surface area contributed by atoms with Crippen LogP contribution in [0.1, 0.15) is 19.5 Å². The summed E-state index contributed by atoms with van der Waals surface area (Å²) in [6.45, 7) is 9.34. The van der Waals surface area contributed by atoms with Gasteiger partial charge in [-0.3, -0.25) is 4.79 Å². The number of likely N-dealkylation sites (N-methyl/N-ethyl adjacent to an activating group) is 2. The van der Waals surface area contributed by atoms with Gasteiger partial charge in [0.05, 0.1) is 35.6 Å². The summed E-state index contributed by atoms with van der Waals surface area (Å²) in [5.74, 6) is 0.858. The molecule has 40 heavy (non-hydrogen) atoms. The standard InChI is InChI=1S/C30H40N8O2/c1-9-28(39)34-24-17-25(27(40-8)18-26(24)38(7)15-14-37(5)6)36-30-33-13-12-23(35-30)20-10-11-22(31)21(16-20)29(32-4)19(2)3/h9-13,16-19,31-32H,1,14-15H2,2-8H3,(H,34,39)(H,33,35,36)/b29-21-,31-22?. The van der Waals surface area contributed by atoms with Crippen LogP contribution in [-0.2, 0) is 4.79 Å². The molecule has 0 spiro atoms. The van der Waals surface area contributed by atoms with Gasteiger partial charge in [0.25, 0.3) is 0 Å². The number of carbonyl (C=O) groups is 1. The SMILES string of the molecule is C=CC(=O)Nc1cc(Nc2nccc(C3=C/C(=C(/NC)C(C)C)C(=N)C=C3)n2)c(OC)cc1N(C)CCN(C)C. The van der Waals surface area contributed by atoms with Crippen LogP contribution in [0.25, 0.3) is 5.57 Å². The molecule has 0 bridgehead atoms. The topological polar surface area (TPSA) is 118 Å². The molecule has 10 heteroatoms. The van der Waals surface area contributed by atoms with Gasteiger partial charge in [-0.2, -0.15) is 0 Å². The molecule has 10 nitrogen and oxygen atoms in total. The van der Waals surface area contributed by atoms with E-state index in [0.29, 0.717) is 34.5 Å². The molecule has 0 radical (unpaired) electrons. The first-order valence-corrected chi connectivity index (χ1v) is 13.1. The van der Waals surface area contributed by atoms with Crippen LogP contribution in [0.5, 0.6) is 5.75 Å². The van der Waals surface area contributed by atoms with Gasteiger partial charge in [-0.25, -0.2) is 9.97 Å². The number of aromatic nitrogens is 2. The van der Waals surface area contributed by atoms with Crippen molar-refractivity contribution in [1.29, 1.82) is 5.41 Å². The summed E-state index contributed by atoms with van der Waals surface area (Å²) in [5.41, 5.74) is 5.85. The molecule has 1 aliphatic rings. The number of ether oxygens (including phenoxy) is 1. The fraction of sp³-hybridized carbons (Fsp3) is 0.333. The van der Waals surface area contributed by atoms with Gasteiger partial charge < -0.3 is 35.9 Å². The van der Waals surface area contributed by atoms with E-state index < -0.39 is 0 Å². The lowest BCUT2D eigenvalue weighted by Crippen LogP contribution is -2.29. The van der Waals surface area contributed by atoms with Crippen molar-refractivity contribution in [2.45, 2.75) is 13.8 Å². The molecule has 1 heterocycles. The van der Waals surface area contributed by atoms with Gasteiger partial charge in [-0.15, -0.1) is 0 Å². The molecule has 0 aliphatic heterocycles. The first kappa shape index (κ1) is 30.1. The number of benzene rings is 1. The largest absolute Gasteiger partial charge is 0.494 e. The van der Waals surface area contributed by atoms with E-state index in [1.807, 2.05) is 58.5 Å². The number of methoxy groups -OCH3 is 1. The minimum atomic E-state index is -0.315. The molecule has 2 aromatic rings. The highest BCUT2D eigenvalue weighted by atomic mass is 16.5. The second-order valence-corrected chi connectivity index (χ2v) is 9.96. The zero-order chi connectivity index (χ0) is 29.4. The highest BCUT2D eigenvalue weighted by molar-refractivity contribution is 6.13. The molecule has 212 valence electrons. The molecule has 0 saturated carbocycles. The van der Waals surface area contributed by atoms with Crippen LogP contribution in [-0.4, -0.2) is 74.9 Å². The van der Waals surface area contributed by atoms with Crippen molar-refractivity contribution >= 4 is 40.2 Å². The zero-order valence-corrected chi connectivity index (χ0v) is 24.4. The quantitative estimate of drug-likeness (QED) is 0.290. The number of allylic oxidation sites excluding steroid dienone is 6. The number of hydrogen-bond donors (Lipinski definition) is 4. The van der Waals surface area contributed by atoms with Crippen LogP contribution in [0.4, 0.5) is 23.0 Å². The molecule has 1 amide bonds. The van der Waals surface area contributed by atoms with Crippen molar-refractivity contribution in [3.05, 3.63) is 72.2 Å². The maximum Gasteiger partial charge on any atom is 0.247 e. The van der Waals surface area contributed by atoms with Crippen molar-refractivity contribution in [3.63, 3.8) is 0 Å². The molecular formula is C30H40N8O2. The summed E-state index contributed by atoms with van der Waals surface area (Å²) < 4.78 is 5.71. The molecule has 0 unspecified atom stereocenters. The number of nitrogens with zero attached hydrogens (tertiary/aromatic N) is 4. The molecule has 0 atom stereocenters. The fourth-order valence-electron chi connectivity index (χ4n) is 4.27. The Morgan fingerprint density at radius 3 is 2.55 bits per heavy atom. The number of amides is 1. The zero-order valence-electron chi connectivity index (χ0n) is 24.4. The van der Waals surface area contributed by atoms with Crippen molar-refractivity contribution in [1.82, 2.24) is 20.2 Å². The first-order valence-electron chi connectivity index (χ1n) is 13.1. The summed E-state index contributed by atoms with van der Waals surface area (Å²) in [7, 11) is 9.46. The van der Waals surface area contributed by atoms with E-state index in [1.165, 1.54) is 6.08 Å². The van der Waals surface area contributed by atoms with Gasteiger partial charge >= 0.3 is 0 Å². The van der Waals surface area contributed by atoms with Gasteiger partial charge in [0, 0.05) is 56.3 Å². The van der Waals surface area contributed by atoms with Crippen LogP contribution in [0.15, 0.2) is 66.5 Å². The van der Waals surface area contributed by atoms with Crippen LogP contribution < -0.4 is 25.6 Å². The lowest BCUT2D eigenvalue weighted by molar-refractivity contribution is -0.111. The Labute approximate surface area is 237 Å². The number of carbonyl (C=O) groups excluding carboxylic acids is 1. The molecule has 1 aliphatic carbocycles. The van der Waals surface area contributed by atoms with Crippen LogP contribution in [0.3, 0.4) is 0 Å². The molecule has 3 rings (SSSR count). The monoisotopic (exact) mass is 544 g/mol. The average Bonchev–Trinajstić information content (AvgIpc) is 2.93. The predicted molar refractivity (Wildman–Crippen MR) is 165 cm³/mol. The Morgan fingerprint density at radius 1 is 1.18 bits per heavy atom. The van der Waals surface area contributed by atoms with Crippen LogP contribution in [0.2, 0.25) is 0 Å². The van der Waals surface area contributed by atoms with Gasteiger partial charge in [0.1, 0.15) is 5.75 Å². The Hall–Kier alpha value is -4.44. The Bertz CT molecular complexity index is 1360. The van der Waals surface area contributed by atoms with E-state index in [2.05, 4.69) is 51.2 Å². The average molecular weight is 545 g/mol. The summed E-state index contributed by atoms with van der Waals surface area (Å²) >= 11 is 0. The number of hydrogen-bond acceptors (Lipinski definition) is 9.